The summed E-state index contributed by atoms with van der Waals surface area (Å²) in [5, 5.41) is 10.7. The van der Waals surface area contributed by atoms with Crippen molar-refractivity contribution in [2.24, 2.45) is 11.3 Å². The van der Waals surface area contributed by atoms with Gasteiger partial charge >= 0.3 is 11.9 Å². The van der Waals surface area contributed by atoms with Crippen LogP contribution in [-0.2, 0) is 19.1 Å². The number of hydrogen-bond donors (Lipinski definition) is 1. The molecule has 1 heterocycles. The van der Waals surface area contributed by atoms with E-state index in [2.05, 4.69) is 6.58 Å². The van der Waals surface area contributed by atoms with E-state index in [0.29, 0.717) is 24.0 Å². The Kier molecular flexibility index (Phi) is 4.40. The first kappa shape index (κ1) is 17.9. The minimum absolute atomic E-state index is 0.350. The molecular weight excluding hydrogens is 320 g/mol. The standard InChI is InChI=1S/C20H26O5/c1-6-10(2)18(22)24-13-9-20(5)14(21)8-7-11(3)16(20)17-15(13)12(4)19(23)25-17/h6,13-15,17,21H,4,7-9H2,1-3,5H3/b10-6-/t13-,14-,15-,17+,20+/m1/s1. The minimum Gasteiger partial charge on any atom is -0.458 e. The van der Waals surface area contributed by atoms with Crippen LogP contribution in [0.4, 0.5) is 0 Å². The number of aliphatic hydroxyl groups excluding tert-OH is 1. The third-order valence-corrected chi connectivity index (χ3v) is 6.15. The molecule has 0 unspecified atom stereocenters. The van der Waals surface area contributed by atoms with Gasteiger partial charge in [-0.05, 0) is 45.6 Å². The maximum atomic E-state index is 12.3. The zero-order chi connectivity index (χ0) is 18.5. The van der Waals surface area contributed by atoms with Crippen molar-refractivity contribution in [3.05, 3.63) is 34.9 Å². The summed E-state index contributed by atoms with van der Waals surface area (Å²) in [4.78, 5) is 24.5. The Morgan fingerprint density at radius 2 is 2.16 bits per heavy atom. The summed E-state index contributed by atoms with van der Waals surface area (Å²) in [6, 6.07) is 0. The van der Waals surface area contributed by atoms with Crippen LogP contribution in [0.25, 0.3) is 0 Å². The fourth-order valence-electron chi connectivity index (χ4n) is 4.54. The normalized spacial score (nSPS) is 38.2. The van der Waals surface area contributed by atoms with E-state index in [0.717, 1.165) is 17.6 Å². The van der Waals surface area contributed by atoms with Gasteiger partial charge in [-0.2, -0.15) is 0 Å². The van der Waals surface area contributed by atoms with Crippen molar-refractivity contribution in [2.45, 2.75) is 65.3 Å². The maximum Gasteiger partial charge on any atom is 0.334 e. The molecule has 0 aromatic carbocycles. The van der Waals surface area contributed by atoms with Crippen molar-refractivity contribution >= 4 is 11.9 Å². The molecule has 1 N–H and O–H groups in total. The monoisotopic (exact) mass is 346 g/mol. The van der Waals surface area contributed by atoms with Crippen LogP contribution in [0.3, 0.4) is 0 Å². The quantitative estimate of drug-likeness (QED) is 0.473. The molecule has 2 aliphatic carbocycles. The number of fused-ring (bicyclic) bond motifs is 3. The number of ether oxygens (including phenoxy) is 2. The topological polar surface area (TPSA) is 72.8 Å². The van der Waals surface area contributed by atoms with E-state index >= 15 is 0 Å². The van der Waals surface area contributed by atoms with E-state index in [1.807, 2.05) is 13.8 Å². The zero-order valence-corrected chi connectivity index (χ0v) is 15.3. The predicted molar refractivity (Wildman–Crippen MR) is 92.5 cm³/mol. The fraction of sp³-hybridized carbons (Fsp3) is 0.600. The Morgan fingerprint density at radius 3 is 2.80 bits per heavy atom. The highest BCUT2D eigenvalue weighted by molar-refractivity contribution is 5.92. The molecule has 3 rings (SSSR count). The fourth-order valence-corrected chi connectivity index (χ4v) is 4.54. The second-order valence-corrected chi connectivity index (χ2v) is 7.66. The molecule has 5 atom stereocenters. The van der Waals surface area contributed by atoms with Crippen molar-refractivity contribution < 1.29 is 24.2 Å². The van der Waals surface area contributed by atoms with E-state index in [1.54, 1.807) is 19.9 Å². The molecule has 0 aromatic heterocycles. The van der Waals surface area contributed by atoms with Crippen molar-refractivity contribution in [3.63, 3.8) is 0 Å². The largest absolute Gasteiger partial charge is 0.458 e. The molecule has 0 amide bonds. The summed E-state index contributed by atoms with van der Waals surface area (Å²) in [6.45, 7) is 11.4. The number of carbonyl (C=O) groups excluding carboxylic acids is 2. The van der Waals surface area contributed by atoms with Gasteiger partial charge in [0.2, 0.25) is 0 Å². The van der Waals surface area contributed by atoms with Crippen LogP contribution in [-0.4, -0.2) is 35.4 Å². The minimum atomic E-state index is -0.566. The molecule has 0 aromatic rings. The van der Waals surface area contributed by atoms with E-state index < -0.39 is 35.7 Å². The molecule has 5 nitrogen and oxygen atoms in total. The van der Waals surface area contributed by atoms with Crippen molar-refractivity contribution in [3.8, 4) is 0 Å². The first-order valence-electron chi connectivity index (χ1n) is 8.82. The van der Waals surface area contributed by atoms with Crippen molar-refractivity contribution in [1.82, 2.24) is 0 Å². The van der Waals surface area contributed by atoms with Crippen LogP contribution in [0.2, 0.25) is 0 Å². The smallest absolute Gasteiger partial charge is 0.334 e. The van der Waals surface area contributed by atoms with Crippen molar-refractivity contribution in [1.29, 1.82) is 0 Å². The predicted octanol–water partition coefficient (Wildman–Crippen LogP) is 2.84. The van der Waals surface area contributed by atoms with Crippen molar-refractivity contribution in [2.75, 3.05) is 0 Å². The summed E-state index contributed by atoms with van der Waals surface area (Å²) >= 11 is 0. The molecule has 5 heteroatoms. The molecule has 1 saturated heterocycles. The van der Waals surface area contributed by atoms with Crippen LogP contribution in [0.1, 0.15) is 47.0 Å². The van der Waals surface area contributed by atoms with Gasteiger partial charge in [0.05, 0.1) is 12.0 Å². The molecule has 1 saturated carbocycles. The zero-order valence-electron chi connectivity index (χ0n) is 15.3. The number of allylic oxidation sites excluding steroid dienone is 2. The number of rotatable bonds is 2. The molecular formula is C20H26O5. The third kappa shape index (κ3) is 2.65. The summed E-state index contributed by atoms with van der Waals surface area (Å²) in [5.74, 6) is -1.23. The van der Waals surface area contributed by atoms with Gasteiger partial charge in [-0.15, -0.1) is 0 Å². The molecule has 0 radical (unpaired) electrons. The summed E-state index contributed by atoms with van der Waals surface area (Å²) in [5.41, 5.74) is 2.43. The molecule has 0 spiro atoms. The van der Waals surface area contributed by atoms with Gasteiger partial charge < -0.3 is 14.6 Å². The van der Waals surface area contributed by atoms with Crippen LogP contribution in [0.5, 0.6) is 0 Å². The van der Waals surface area contributed by atoms with Gasteiger partial charge in [0.25, 0.3) is 0 Å². The number of hydrogen-bond acceptors (Lipinski definition) is 5. The van der Waals surface area contributed by atoms with Gasteiger partial charge in [0.15, 0.2) is 0 Å². The van der Waals surface area contributed by atoms with Crippen LogP contribution < -0.4 is 0 Å². The van der Waals surface area contributed by atoms with Crippen LogP contribution in [0, 0.1) is 11.3 Å². The number of carbonyl (C=O) groups is 2. The Bertz CT molecular complexity index is 701. The van der Waals surface area contributed by atoms with Gasteiger partial charge in [0, 0.05) is 16.6 Å². The molecule has 25 heavy (non-hydrogen) atoms. The first-order chi connectivity index (χ1) is 11.7. The maximum absolute atomic E-state index is 12.3. The highest BCUT2D eigenvalue weighted by atomic mass is 16.6. The molecule has 136 valence electrons. The summed E-state index contributed by atoms with van der Waals surface area (Å²) in [7, 11) is 0. The first-order valence-corrected chi connectivity index (χ1v) is 8.82. The lowest BCUT2D eigenvalue weighted by molar-refractivity contribution is -0.155. The van der Waals surface area contributed by atoms with Gasteiger partial charge in [-0.1, -0.05) is 25.2 Å². The van der Waals surface area contributed by atoms with Gasteiger partial charge in [0.1, 0.15) is 12.2 Å². The molecule has 0 bridgehead atoms. The summed E-state index contributed by atoms with van der Waals surface area (Å²) in [6.07, 6.45) is 2.00. The lowest BCUT2D eigenvalue weighted by atomic mass is 9.58. The number of aliphatic hydroxyl groups is 1. The average molecular weight is 346 g/mol. The lowest BCUT2D eigenvalue weighted by Gasteiger charge is -2.50. The SMILES string of the molecule is C=C1C(=O)O[C@@H]2C3=C(C)CC[C@@H](O)[C@]3(C)C[C@@H](OC(=O)/C(C)=C\C)[C@@H]12. The molecule has 1 aliphatic heterocycles. The van der Waals surface area contributed by atoms with Gasteiger partial charge in [-0.25, -0.2) is 9.59 Å². The summed E-state index contributed by atoms with van der Waals surface area (Å²) < 4.78 is 11.4. The highest BCUT2D eigenvalue weighted by Gasteiger charge is 2.59. The van der Waals surface area contributed by atoms with E-state index in [-0.39, 0.29) is 5.92 Å². The second-order valence-electron chi connectivity index (χ2n) is 7.66. The van der Waals surface area contributed by atoms with E-state index in [4.69, 9.17) is 9.47 Å². The van der Waals surface area contributed by atoms with Crippen LogP contribution in [0.15, 0.2) is 34.9 Å². The highest BCUT2D eigenvalue weighted by Crippen LogP contribution is 2.56. The number of esters is 2. The van der Waals surface area contributed by atoms with E-state index in [1.165, 1.54) is 0 Å². The van der Waals surface area contributed by atoms with E-state index in [9.17, 15) is 14.7 Å². The lowest BCUT2D eigenvalue weighted by Crippen LogP contribution is -2.53. The third-order valence-electron chi connectivity index (χ3n) is 6.15. The second kappa shape index (κ2) is 6.13. The Balaban J connectivity index is 2.03. The molecule has 2 fully saturated rings. The van der Waals surface area contributed by atoms with Gasteiger partial charge in [-0.3, -0.25) is 0 Å². The Labute approximate surface area is 148 Å². The Morgan fingerprint density at radius 1 is 1.48 bits per heavy atom. The average Bonchev–Trinajstić information content (AvgIpc) is 2.85. The molecule has 3 aliphatic rings. The Hall–Kier alpha value is -1.88. The van der Waals surface area contributed by atoms with Crippen LogP contribution >= 0.6 is 0 Å².